The average Bonchev–Trinajstić information content (AvgIpc) is 2.86. The van der Waals surface area contributed by atoms with E-state index in [0.717, 1.165) is 102 Å². The van der Waals surface area contributed by atoms with Gasteiger partial charge in [0.1, 0.15) is 19.3 Å². The van der Waals surface area contributed by atoms with Crippen LogP contribution in [0.3, 0.4) is 0 Å². The first-order valence-corrected chi connectivity index (χ1v) is 43.3. The molecular formula is C78H152O17P2. The molecule has 2 unspecified atom stereocenters. The molecule has 0 rings (SSSR count). The summed E-state index contributed by atoms with van der Waals surface area (Å²) in [6, 6.07) is 0. The molecule has 0 aliphatic rings. The second kappa shape index (κ2) is 68.5. The van der Waals surface area contributed by atoms with Gasteiger partial charge in [-0.15, -0.1) is 0 Å². The first-order valence-electron chi connectivity index (χ1n) is 40.3. The smallest absolute Gasteiger partial charge is 0.462 e. The number of aliphatic hydroxyl groups excluding tert-OH is 1. The van der Waals surface area contributed by atoms with Crippen molar-refractivity contribution < 1.29 is 80.2 Å². The monoisotopic (exact) mass is 1420 g/mol. The van der Waals surface area contributed by atoms with E-state index < -0.39 is 97.5 Å². The van der Waals surface area contributed by atoms with E-state index in [4.69, 9.17) is 37.0 Å². The predicted molar refractivity (Wildman–Crippen MR) is 395 cm³/mol. The van der Waals surface area contributed by atoms with Gasteiger partial charge in [-0.05, 0) is 43.4 Å². The van der Waals surface area contributed by atoms with E-state index in [1.807, 2.05) is 0 Å². The van der Waals surface area contributed by atoms with Gasteiger partial charge in [0, 0.05) is 25.7 Å². The molecule has 0 saturated heterocycles. The van der Waals surface area contributed by atoms with Crippen LogP contribution in [0.2, 0.25) is 0 Å². The van der Waals surface area contributed by atoms with E-state index in [2.05, 4.69) is 48.5 Å². The van der Waals surface area contributed by atoms with Gasteiger partial charge < -0.3 is 33.8 Å². The van der Waals surface area contributed by atoms with E-state index in [0.29, 0.717) is 37.5 Å². The summed E-state index contributed by atoms with van der Waals surface area (Å²) in [5.41, 5.74) is 0. The molecule has 0 amide bonds. The third kappa shape index (κ3) is 72.2. The molecule has 0 bridgehead atoms. The largest absolute Gasteiger partial charge is 0.472 e. The van der Waals surface area contributed by atoms with E-state index in [1.54, 1.807) is 0 Å². The van der Waals surface area contributed by atoms with Gasteiger partial charge in [-0.3, -0.25) is 37.3 Å². The quantitative estimate of drug-likeness (QED) is 0.0222. The molecule has 576 valence electrons. The van der Waals surface area contributed by atoms with Crippen LogP contribution >= 0.6 is 15.6 Å². The van der Waals surface area contributed by atoms with Crippen molar-refractivity contribution in [3.8, 4) is 0 Å². The van der Waals surface area contributed by atoms with Crippen LogP contribution in [0.5, 0.6) is 0 Å². The van der Waals surface area contributed by atoms with E-state index in [9.17, 15) is 43.2 Å². The Labute approximate surface area is 594 Å². The standard InChI is InChI=1S/C78H152O17P2/c1-8-9-10-11-12-13-14-15-16-17-18-19-20-21-26-29-32-39-47-54-61-77(82)94-73(65-88-75(80)59-52-45-38-31-28-25-23-22-24-27-30-35-42-49-56-69(2)3)67-92-96(84,85)90-63-72(79)64-91-97(86,87)93-68-74(95-78(83)62-55-48-41-34-37-44-51-58-71(6)7)66-89-76(81)60-53-46-40-33-36-43-50-57-70(4)5/h69-74,79H,8-68H2,1-7H3,(H,84,85)(H,86,87)/t72-,73-,74-/m1/s1. The van der Waals surface area contributed by atoms with Gasteiger partial charge in [0.05, 0.1) is 26.4 Å². The number of hydrogen-bond donors (Lipinski definition) is 3. The number of hydrogen-bond acceptors (Lipinski definition) is 15. The lowest BCUT2D eigenvalue weighted by Gasteiger charge is -2.21. The summed E-state index contributed by atoms with van der Waals surface area (Å²) in [5, 5.41) is 10.6. The number of esters is 4. The molecule has 0 fully saturated rings. The molecule has 19 heteroatoms. The van der Waals surface area contributed by atoms with Crippen LogP contribution in [0.4, 0.5) is 0 Å². The molecular weight excluding hydrogens is 1270 g/mol. The summed E-state index contributed by atoms with van der Waals surface area (Å²) in [5.74, 6) is 0.0803. The van der Waals surface area contributed by atoms with Crippen molar-refractivity contribution in [2.24, 2.45) is 17.8 Å². The number of rotatable bonds is 76. The average molecular weight is 1420 g/mol. The fourth-order valence-corrected chi connectivity index (χ4v) is 13.5. The SMILES string of the molecule is CCCCCCCCCCCCCCCCCCCCCCC(=O)O[C@H](COC(=O)CCCCCCCCCCCCCCCCC(C)C)COP(=O)(O)OC[C@@H](O)COP(=O)(O)OC[C@@H](COC(=O)CCCCCCCCCC(C)C)OC(=O)CCCCCCCCCC(C)C. The second-order valence-corrected chi connectivity index (χ2v) is 32.4. The molecule has 0 aliphatic carbocycles. The molecule has 0 aromatic heterocycles. The zero-order valence-electron chi connectivity index (χ0n) is 63.5. The Bertz CT molecular complexity index is 1890. The maximum atomic E-state index is 13.1. The Morgan fingerprint density at radius 2 is 0.474 bits per heavy atom. The van der Waals surface area contributed by atoms with Gasteiger partial charge in [-0.1, -0.05) is 350 Å². The number of phosphoric ester groups is 2. The number of carbonyl (C=O) groups is 4. The summed E-state index contributed by atoms with van der Waals surface area (Å²) < 4.78 is 68.5. The molecule has 3 N–H and O–H groups in total. The predicted octanol–water partition coefficient (Wildman–Crippen LogP) is 23.0. The second-order valence-electron chi connectivity index (χ2n) is 29.5. The molecule has 0 saturated carbocycles. The van der Waals surface area contributed by atoms with Crippen molar-refractivity contribution in [2.45, 2.75) is 420 Å². The van der Waals surface area contributed by atoms with Crippen LogP contribution in [-0.4, -0.2) is 96.7 Å². The third-order valence-corrected chi connectivity index (χ3v) is 20.0. The Balaban J connectivity index is 5.21. The number of unbranched alkanes of at least 4 members (excludes halogenated alkanes) is 44. The minimum Gasteiger partial charge on any atom is -0.462 e. The van der Waals surface area contributed by atoms with Gasteiger partial charge in [-0.2, -0.15) is 0 Å². The van der Waals surface area contributed by atoms with Crippen molar-refractivity contribution in [3.05, 3.63) is 0 Å². The third-order valence-electron chi connectivity index (χ3n) is 18.1. The Morgan fingerprint density at radius 1 is 0.278 bits per heavy atom. The minimum absolute atomic E-state index is 0.103. The number of ether oxygens (including phenoxy) is 4. The Hall–Kier alpha value is -1.94. The molecule has 0 heterocycles. The highest BCUT2D eigenvalue weighted by molar-refractivity contribution is 7.47. The summed E-state index contributed by atoms with van der Waals surface area (Å²) >= 11 is 0. The topological polar surface area (TPSA) is 237 Å². The Kier molecular flexibility index (Phi) is 67.1. The molecule has 0 aromatic carbocycles. The van der Waals surface area contributed by atoms with Crippen LogP contribution in [-0.2, 0) is 65.4 Å². The fraction of sp³-hybridized carbons (Fsp3) is 0.949. The van der Waals surface area contributed by atoms with Crippen molar-refractivity contribution in [2.75, 3.05) is 39.6 Å². The van der Waals surface area contributed by atoms with E-state index >= 15 is 0 Å². The van der Waals surface area contributed by atoms with Crippen molar-refractivity contribution in [1.29, 1.82) is 0 Å². The van der Waals surface area contributed by atoms with Gasteiger partial charge >= 0.3 is 39.5 Å². The summed E-state index contributed by atoms with van der Waals surface area (Å²) in [6.45, 7) is 11.8. The van der Waals surface area contributed by atoms with Crippen molar-refractivity contribution in [3.63, 3.8) is 0 Å². The molecule has 0 aromatic rings. The van der Waals surface area contributed by atoms with Crippen molar-refractivity contribution in [1.82, 2.24) is 0 Å². The molecule has 0 radical (unpaired) electrons. The summed E-state index contributed by atoms with van der Waals surface area (Å²) in [6.07, 6.45) is 55.8. The highest BCUT2D eigenvalue weighted by atomic mass is 31.2. The number of phosphoric acid groups is 2. The normalized spacial score (nSPS) is 14.0. The van der Waals surface area contributed by atoms with Crippen LogP contribution < -0.4 is 0 Å². The zero-order valence-corrected chi connectivity index (χ0v) is 65.3. The fourth-order valence-electron chi connectivity index (χ4n) is 12.0. The molecule has 17 nitrogen and oxygen atoms in total. The highest BCUT2D eigenvalue weighted by Gasteiger charge is 2.30. The summed E-state index contributed by atoms with van der Waals surface area (Å²) in [4.78, 5) is 72.8. The van der Waals surface area contributed by atoms with Crippen LogP contribution in [0.1, 0.15) is 402 Å². The number of carbonyl (C=O) groups excluding carboxylic acids is 4. The zero-order chi connectivity index (χ0) is 71.6. The Morgan fingerprint density at radius 3 is 0.701 bits per heavy atom. The number of aliphatic hydroxyl groups is 1. The van der Waals surface area contributed by atoms with E-state index in [1.165, 1.54) is 205 Å². The van der Waals surface area contributed by atoms with Crippen molar-refractivity contribution >= 4 is 39.5 Å². The van der Waals surface area contributed by atoms with Crippen LogP contribution in [0.15, 0.2) is 0 Å². The lowest BCUT2D eigenvalue weighted by Crippen LogP contribution is -2.30. The van der Waals surface area contributed by atoms with Gasteiger partial charge in [0.2, 0.25) is 0 Å². The molecule has 0 spiro atoms. The van der Waals surface area contributed by atoms with Crippen LogP contribution in [0, 0.1) is 17.8 Å². The maximum absolute atomic E-state index is 13.1. The van der Waals surface area contributed by atoms with Crippen LogP contribution in [0.25, 0.3) is 0 Å². The first kappa shape index (κ1) is 95.1. The summed E-state index contributed by atoms with van der Waals surface area (Å²) in [7, 11) is -9.91. The minimum atomic E-state index is -4.96. The maximum Gasteiger partial charge on any atom is 0.472 e. The van der Waals surface area contributed by atoms with E-state index in [-0.39, 0.29) is 25.7 Å². The van der Waals surface area contributed by atoms with Gasteiger partial charge in [0.25, 0.3) is 0 Å². The van der Waals surface area contributed by atoms with Gasteiger partial charge in [-0.25, -0.2) is 9.13 Å². The lowest BCUT2D eigenvalue weighted by molar-refractivity contribution is -0.161. The first-order chi connectivity index (χ1) is 46.7. The lowest BCUT2D eigenvalue weighted by atomic mass is 10.0. The molecule has 5 atom stereocenters. The molecule has 97 heavy (non-hydrogen) atoms. The molecule has 0 aliphatic heterocycles. The highest BCUT2D eigenvalue weighted by Crippen LogP contribution is 2.45. The van der Waals surface area contributed by atoms with Gasteiger partial charge in [0.15, 0.2) is 12.2 Å².